The summed E-state index contributed by atoms with van der Waals surface area (Å²) in [6.07, 6.45) is 0. The third-order valence-corrected chi connectivity index (χ3v) is 4.32. The van der Waals surface area contributed by atoms with Crippen LogP contribution in [0.15, 0.2) is 34.7 Å². The van der Waals surface area contributed by atoms with Crippen LogP contribution in [0.4, 0.5) is 4.79 Å². The third-order valence-electron chi connectivity index (χ3n) is 4.32. The van der Waals surface area contributed by atoms with Crippen molar-refractivity contribution in [2.75, 3.05) is 0 Å². The first-order valence-electron chi connectivity index (χ1n) is 7.56. The van der Waals surface area contributed by atoms with Crippen molar-refractivity contribution in [3.63, 3.8) is 0 Å². The van der Waals surface area contributed by atoms with Crippen LogP contribution in [0, 0.1) is 25.2 Å². The number of carbonyl (C=O) groups is 2. The van der Waals surface area contributed by atoms with Crippen molar-refractivity contribution in [1.29, 1.82) is 5.26 Å². The molecule has 1 aliphatic heterocycles. The van der Waals surface area contributed by atoms with Gasteiger partial charge in [-0.15, -0.1) is 0 Å². The molecule has 0 saturated carbocycles. The Balaban J connectivity index is 1.95. The highest BCUT2D eigenvalue weighted by atomic mass is 16.3. The Hall–Kier alpha value is -3.07. The number of aryl methyl sites for hydroxylation is 2. The van der Waals surface area contributed by atoms with E-state index in [-0.39, 0.29) is 12.5 Å². The van der Waals surface area contributed by atoms with Gasteiger partial charge in [0.15, 0.2) is 0 Å². The Bertz CT molecular complexity index is 878. The van der Waals surface area contributed by atoms with E-state index in [1.807, 2.05) is 0 Å². The normalized spacial score (nSPS) is 20.2. The molecule has 1 aromatic carbocycles. The zero-order valence-corrected chi connectivity index (χ0v) is 13.7. The number of carbonyl (C=O) groups excluding carboxylic acids is 2. The lowest BCUT2D eigenvalue weighted by molar-refractivity contribution is -0.131. The number of nitriles is 1. The van der Waals surface area contributed by atoms with Gasteiger partial charge in [-0.2, -0.15) is 5.26 Å². The SMILES string of the molecule is Cc1cc(C2(C)NC(=O)N(Cc3ccccc3C#N)C2=O)c(C)o1. The molecule has 1 atom stereocenters. The van der Waals surface area contributed by atoms with Gasteiger partial charge in [0.1, 0.15) is 17.1 Å². The fourth-order valence-corrected chi connectivity index (χ4v) is 3.09. The molecule has 0 bridgehead atoms. The third kappa shape index (κ3) is 2.35. The highest BCUT2D eigenvalue weighted by Crippen LogP contribution is 2.33. The largest absolute Gasteiger partial charge is 0.466 e. The lowest BCUT2D eigenvalue weighted by atomic mass is 9.92. The molecule has 6 nitrogen and oxygen atoms in total. The number of rotatable bonds is 3. The summed E-state index contributed by atoms with van der Waals surface area (Å²) in [5.74, 6) is 0.922. The maximum atomic E-state index is 12.9. The Kier molecular flexibility index (Phi) is 3.64. The van der Waals surface area contributed by atoms with Gasteiger partial charge in [0.05, 0.1) is 18.2 Å². The molecule has 1 saturated heterocycles. The topological polar surface area (TPSA) is 86.3 Å². The lowest BCUT2D eigenvalue weighted by Gasteiger charge is -2.21. The van der Waals surface area contributed by atoms with E-state index in [1.54, 1.807) is 51.1 Å². The van der Waals surface area contributed by atoms with Crippen molar-refractivity contribution < 1.29 is 14.0 Å². The van der Waals surface area contributed by atoms with Crippen LogP contribution in [-0.4, -0.2) is 16.8 Å². The molecule has 0 radical (unpaired) electrons. The second-order valence-electron chi connectivity index (χ2n) is 6.04. The van der Waals surface area contributed by atoms with Crippen LogP contribution < -0.4 is 5.32 Å². The number of furan rings is 1. The van der Waals surface area contributed by atoms with Gasteiger partial charge >= 0.3 is 6.03 Å². The summed E-state index contributed by atoms with van der Waals surface area (Å²) in [5.41, 5.74) is 0.560. The summed E-state index contributed by atoms with van der Waals surface area (Å²) >= 11 is 0. The maximum absolute atomic E-state index is 12.9. The molecule has 1 aliphatic rings. The summed E-state index contributed by atoms with van der Waals surface area (Å²) in [6, 6.07) is 10.3. The summed E-state index contributed by atoms with van der Waals surface area (Å²) in [5, 5.41) is 11.9. The molecule has 0 spiro atoms. The summed E-state index contributed by atoms with van der Waals surface area (Å²) in [4.78, 5) is 26.4. The van der Waals surface area contributed by atoms with E-state index in [9.17, 15) is 14.9 Å². The predicted octanol–water partition coefficient (Wildman–Crippen LogP) is 2.74. The van der Waals surface area contributed by atoms with E-state index in [0.717, 1.165) is 4.90 Å². The first-order valence-corrected chi connectivity index (χ1v) is 7.56. The molecule has 0 aliphatic carbocycles. The van der Waals surface area contributed by atoms with E-state index in [2.05, 4.69) is 11.4 Å². The number of nitrogens with one attached hydrogen (secondary N) is 1. The van der Waals surface area contributed by atoms with Crippen molar-refractivity contribution in [3.05, 3.63) is 58.5 Å². The average molecular weight is 323 g/mol. The Morgan fingerprint density at radius 2 is 2.00 bits per heavy atom. The van der Waals surface area contributed by atoms with Gasteiger partial charge < -0.3 is 9.73 Å². The molecule has 3 rings (SSSR count). The van der Waals surface area contributed by atoms with Crippen LogP contribution in [0.25, 0.3) is 0 Å². The fourth-order valence-electron chi connectivity index (χ4n) is 3.09. The number of hydrogen-bond acceptors (Lipinski definition) is 4. The van der Waals surface area contributed by atoms with E-state index in [4.69, 9.17) is 4.42 Å². The lowest BCUT2D eigenvalue weighted by Crippen LogP contribution is -2.41. The van der Waals surface area contributed by atoms with Gasteiger partial charge in [0, 0.05) is 5.56 Å². The number of imide groups is 1. The van der Waals surface area contributed by atoms with Crippen LogP contribution in [0.3, 0.4) is 0 Å². The van der Waals surface area contributed by atoms with Crippen LogP contribution >= 0.6 is 0 Å². The molecule has 1 fully saturated rings. The van der Waals surface area contributed by atoms with Crippen LogP contribution in [0.2, 0.25) is 0 Å². The maximum Gasteiger partial charge on any atom is 0.325 e. The second-order valence-corrected chi connectivity index (χ2v) is 6.04. The summed E-state index contributed by atoms with van der Waals surface area (Å²) < 4.78 is 5.50. The monoisotopic (exact) mass is 323 g/mol. The zero-order valence-electron chi connectivity index (χ0n) is 13.7. The molecule has 6 heteroatoms. The number of benzene rings is 1. The summed E-state index contributed by atoms with van der Waals surface area (Å²) in [6.45, 7) is 5.28. The number of amides is 3. The van der Waals surface area contributed by atoms with Gasteiger partial charge in [-0.1, -0.05) is 18.2 Å². The van der Waals surface area contributed by atoms with Crippen molar-refractivity contribution in [2.24, 2.45) is 0 Å². The van der Waals surface area contributed by atoms with Crippen LogP contribution in [0.1, 0.15) is 35.1 Å². The Labute approximate surface area is 139 Å². The standard InChI is InChI=1S/C18H17N3O3/c1-11-8-15(12(2)24-11)18(3)16(22)21(17(23)20-18)10-14-7-5-4-6-13(14)9-19/h4-8H,10H2,1-3H3,(H,20,23). The molecular formula is C18H17N3O3. The quantitative estimate of drug-likeness (QED) is 0.880. The van der Waals surface area contributed by atoms with Gasteiger partial charge in [-0.05, 0) is 38.5 Å². The molecule has 1 N–H and O–H groups in total. The van der Waals surface area contributed by atoms with Crippen molar-refractivity contribution in [2.45, 2.75) is 32.9 Å². The molecular weight excluding hydrogens is 306 g/mol. The highest BCUT2D eigenvalue weighted by molar-refractivity contribution is 6.07. The average Bonchev–Trinajstić information content (AvgIpc) is 3.00. The Morgan fingerprint density at radius 1 is 1.29 bits per heavy atom. The van der Waals surface area contributed by atoms with Crippen molar-refractivity contribution in [3.8, 4) is 6.07 Å². The first kappa shape index (κ1) is 15.8. The number of urea groups is 1. The number of hydrogen-bond donors (Lipinski definition) is 1. The first-order chi connectivity index (χ1) is 11.4. The van der Waals surface area contributed by atoms with E-state index in [0.29, 0.717) is 28.2 Å². The minimum Gasteiger partial charge on any atom is -0.466 e. The van der Waals surface area contributed by atoms with Crippen molar-refractivity contribution in [1.82, 2.24) is 10.2 Å². The molecule has 3 amide bonds. The van der Waals surface area contributed by atoms with Gasteiger partial charge in [-0.25, -0.2) is 4.79 Å². The minimum absolute atomic E-state index is 0.0554. The smallest absolute Gasteiger partial charge is 0.325 e. The van der Waals surface area contributed by atoms with Crippen molar-refractivity contribution >= 4 is 11.9 Å². The van der Waals surface area contributed by atoms with Crippen LogP contribution in [0.5, 0.6) is 0 Å². The predicted molar refractivity (Wildman–Crippen MR) is 85.8 cm³/mol. The zero-order chi connectivity index (χ0) is 17.5. The molecule has 2 heterocycles. The summed E-state index contributed by atoms with van der Waals surface area (Å²) in [7, 11) is 0. The van der Waals surface area contributed by atoms with Gasteiger partial charge in [-0.3, -0.25) is 9.69 Å². The molecule has 1 aromatic heterocycles. The molecule has 24 heavy (non-hydrogen) atoms. The number of nitrogens with zero attached hydrogens (tertiary/aromatic N) is 2. The van der Waals surface area contributed by atoms with E-state index >= 15 is 0 Å². The second kappa shape index (κ2) is 5.53. The molecule has 122 valence electrons. The van der Waals surface area contributed by atoms with Gasteiger partial charge in [0.25, 0.3) is 5.91 Å². The van der Waals surface area contributed by atoms with E-state index in [1.165, 1.54) is 0 Å². The van der Waals surface area contributed by atoms with E-state index < -0.39 is 11.6 Å². The molecule has 2 aromatic rings. The van der Waals surface area contributed by atoms with Crippen LogP contribution in [-0.2, 0) is 16.9 Å². The minimum atomic E-state index is -1.17. The van der Waals surface area contributed by atoms with Gasteiger partial charge in [0.2, 0.25) is 0 Å². The fraction of sp³-hybridized carbons (Fsp3) is 0.278. The Morgan fingerprint density at radius 3 is 2.62 bits per heavy atom. The highest BCUT2D eigenvalue weighted by Gasteiger charge is 2.50. The molecule has 1 unspecified atom stereocenters.